The molecule has 1 saturated heterocycles. The molecule has 0 spiro atoms. The maximum Gasteiger partial charge on any atom is 0.229 e. The summed E-state index contributed by atoms with van der Waals surface area (Å²) in [6.45, 7) is 1.72. The van der Waals surface area contributed by atoms with Gasteiger partial charge in [-0.05, 0) is 37.6 Å². The summed E-state index contributed by atoms with van der Waals surface area (Å²) in [4.78, 5) is 12.3. The number of carbonyl (C=O) groups is 1. The van der Waals surface area contributed by atoms with E-state index >= 15 is 0 Å². The molecule has 0 saturated carbocycles. The quantitative estimate of drug-likeness (QED) is 0.903. The van der Waals surface area contributed by atoms with Crippen molar-refractivity contribution in [3.63, 3.8) is 0 Å². The van der Waals surface area contributed by atoms with Gasteiger partial charge in [-0.3, -0.25) is 4.79 Å². The van der Waals surface area contributed by atoms with E-state index in [2.05, 4.69) is 15.7 Å². The Hall–Kier alpha value is -1.56. The van der Waals surface area contributed by atoms with Crippen LogP contribution in [-0.2, 0) is 4.79 Å². The van der Waals surface area contributed by atoms with Crippen molar-refractivity contribution in [2.24, 2.45) is 5.92 Å². The molecular weight excluding hydrogens is 323 g/mol. The number of aromatic nitrogens is 2. The van der Waals surface area contributed by atoms with Crippen LogP contribution in [0.25, 0.3) is 5.69 Å². The number of rotatable bonds is 3. The van der Waals surface area contributed by atoms with E-state index in [4.69, 9.17) is 11.6 Å². The summed E-state index contributed by atoms with van der Waals surface area (Å²) in [5, 5.41) is 11.1. The Morgan fingerprint density at radius 3 is 3.00 bits per heavy atom. The molecule has 1 aromatic carbocycles. The summed E-state index contributed by atoms with van der Waals surface area (Å²) in [5.74, 6) is 0.709. The molecule has 1 aliphatic rings. The average molecular weight is 341 g/mol. The van der Waals surface area contributed by atoms with Gasteiger partial charge < -0.3 is 10.6 Å². The summed E-state index contributed by atoms with van der Waals surface area (Å²) in [6, 6.07) is 9.16. The van der Waals surface area contributed by atoms with Gasteiger partial charge in [-0.25, -0.2) is 4.68 Å². The number of hydrogen-bond donors (Lipinski definition) is 2. The summed E-state index contributed by atoms with van der Waals surface area (Å²) >= 11 is 6.00. The number of benzene rings is 1. The summed E-state index contributed by atoms with van der Waals surface area (Å²) in [5.41, 5.74) is 0.824. The fourth-order valence-electron chi connectivity index (χ4n) is 2.52. The first kappa shape index (κ1) is 16.8. The molecule has 7 heteroatoms. The van der Waals surface area contributed by atoms with Crippen LogP contribution in [0.2, 0.25) is 5.02 Å². The van der Waals surface area contributed by atoms with E-state index in [1.54, 1.807) is 23.0 Å². The number of anilines is 1. The van der Waals surface area contributed by atoms with Gasteiger partial charge in [0.1, 0.15) is 5.82 Å². The second-order valence-corrected chi connectivity index (χ2v) is 5.58. The van der Waals surface area contributed by atoms with E-state index in [1.165, 1.54) is 0 Å². The van der Waals surface area contributed by atoms with E-state index in [1.807, 2.05) is 18.2 Å². The van der Waals surface area contributed by atoms with E-state index in [-0.39, 0.29) is 24.2 Å². The first-order valence-corrected chi connectivity index (χ1v) is 7.43. The highest BCUT2D eigenvalue weighted by molar-refractivity contribution is 6.30. The largest absolute Gasteiger partial charge is 0.316 e. The smallest absolute Gasteiger partial charge is 0.229 e. The van der Waals surface area contributed by atoms with Gasteiger partial charge in [0.15, 0.2) is 0 Å². The minimum absolute atomic E-state index is 0. The number of piperidine rings is 1. The van der Waals surface area contributed by atoms with Gasteiger partial charge in [-0.15, -0.1) is 12.4 Å². The lowest BCUT2D eigenvalue weighted by Gasteiger charge is -2.22. The highest BCUT2D eigenvalue weighted by Gasteiger charge is 2.21. The van der Waals surface area contributed by atoms with Crippen LogP contribution in [-0.4, -0.2) is 28.8 Å². The van der Waals surface area contributed by atoms with E-state index in [9.17, 15) is 4.79 Å². The van der Waals surface area contributed by atoms with Crippen LogP contribution in [0.5, 0.6) is 0 Å². The van der Waals surface area contributed by atoms with Crippen molar-refractivity contribution in [2.45, 2.75) is 12.8 Å². The monoisotopic (exact) mass is 340 g/mol. The van der Waals surface area contributed by atoms with Gasteiger partial charge in [0.05, 0.1) is 17.8 Å². The van der Waals surface area contributed by atoms with Gasteiger partial charge in [0.25, 0.3) is 0 Å². The van der Waals surface area contributed by atoms with Gasteiger partial charge in [0, 0.05) is 17.6 Å². The van der Waals surface area contributed by atoms with Crippen molar-refractivity contribution in [1.82, 2.24) is 15.1 Å². The molecule has 3 rings (SSSR count). The molecule has 1 amide bonds. The van der Waals surface area contributed by atoms with E-state index < -0.39 is 0 Å². The predicted molar refractivity (Wildman–Crippen MR) is 90.0 cm³/mol. The lowest BCUT2D eigenvalue weighted by Crippen LogP contribution is -2.37. The number of hydrogen-bond acceptors (Lipinski definition) is 3. The third-order valence-electron chi connectivity index (χ3n) is 3.61. The molecule has 5 nitrogen and oxygen atoms in total. The van der Waals surface area contributed by atoms with Crippen molar-refractivity contribution >= 4 is 35.7 Å². The van der Waals surface area contributed by atoms with Crippen LogP contribution in [0.15, 0.2) is 36.5 Å². The minimum atomic E-state index is 0. The molecule has 1 fully saturated rings. The molecule has 2 aromatic rings. The van der Waals surface area contributed by atoms with E-state index in [0.29, 0.717) is 10.8 Å². The number of nitrogens with zero attached hydrogens (tertiary/aromatic N) is 2. The number of halogens is 2. The molecule has 0 bridgehead atoms. The molecule has 1 unspecified atom stereocenters. The minimum Gasteiger partial charge on any atom is -0.316 e. The van der Waals surface area contributed by atoms with Crippen LogP contribution in [0.1, 0.15) is 12.8 Å². The van der Waals surface area contributed by atoms with Gasteiger partial charge in [-0.2, -0.15) is 5.10 Å². The van der Waals surface area contributed by atoms with E-state index in [0.717, 1.165) is 31.6 Å². The molecule has 2 N–H and O–H groups in total. The maximum absolute atomic E-state index is 12.3. The third kappa shape index (κ3) is 3.80. The average Bonchev–Trinajstić information content (AvgIpc) is 2.96. The number of amides is 1. The Bertz CT molecular complexity index is 638. The first-order chi connectivity index (χ1) is 10.2. The van der Waals surface area contributed by atoms with Crippen LogP contribution in [0.4, 0.5) is 5.82 Å². The molecule has 1 atom stereocenters. The molecule has 22 heavy (non-hydrogen) atoms. The highest BCUT2D eigenvalue weighted by atomic mass is 35.5. The Balaban J connectivity index is 0.00000176. The zero-order valence-electron chi connectivity index (χ0n) is 12.0. The molecular formula is C15H18Cl2N4O. The fraction of sp³-hybridized carbons (Fsp3) is 0.333. The van der Waals surface area contributed by atoms with Crippen molar-refractivity contribution in [3.05, 3.63) is 41.6 Å². The second kappa shape index (κ2) is 7.63. The Kier molecular flexibility index (Phi) is 5.83. The highest BCUT2D eigenvalue weighted by Crippen LogP contribution is 2.20. The standard InChI is InChI=1S/C15H17ClN4O.ClH/c16-12-4-1-5-13(9-12)20-14(6-8-18-20)19-15(21)11-3-2-7-17-10-11;/h1,4-6,8-9,11,17H,2-3,7,10H2,(H,19,21);1H. The summed E-state index contributed by atoms with van der Waals surface area (Å²) in [6.07, 6.45) is 3.62. The normalized spacial score (nSPS) is 17.6. The summed E-state index contributed by atoms with van der Waals surface area (Å²) < 4.78 is 1.68. The summed E-state index contributed by atoms with van der Waals surface area (Å²) in [7, 11) is 0. The molecule has 118 valence electrons. The lowest BCUT2D eigenvalue weighted by atomic mass is 9.99. The molecule has 2 heterocycles. The Labute approximate surface area is 140 Å². The van der Waals surface area contributed by atoms with Crippen LogP contribution in [0, 0.1) is 5.92 Å². The lowest BCUT2D eigenvalue weighted by molar-refractivity contribution is -0.120. The van der Waals surface area contributed by atoms with Crippen molar-refractivity contribution in [3.8, 4) is 5.69 Å². The van der Waals surface area contributed by atoms with Gasteiger partial charge in [-0.1, -0.05) is 17.7 Å². The topological polar surface area (TPSA) is 59.0 Å². The first-order valence-electron chi connectivity index (χ1n) is 7.05. The molecule has 0 radical (unpaired) electrons. The molecule has 1 aliphatic heterocycles. The van der Waals surface area contributed by atoms with Crippen LogP contribution < -0.4 is 10.6 Å². The Morgan fingerprint density at radius 2 is 2.27 bits per heavy atom. The predicted octanol–water partition coefficient (Wildman–Crippen LogP) is 2.89. The Morgan fingerprint density at radius 1 is 1.41 bits per heavy atom. The van der Waals surface area contributed by atoms with Gasteiger partial charge in [0.2, 0.25) is 5.91 Å². The van der Waals surface area contributed by atoms with Crippen molar-refractivity contribution in [1.29, 1.82) is 0 Å². The zero-order chi connectivity index (χ0) is 14.7. The van der Waals surface area contributed by atoms with Crippen molar-refractivity contribution in [2.75, 3.05) is 18.4 Å². The van der Waals surface area contributed by atoms with Crippen LogP contribution >= 0.6 is 24.0 Å². The SMILES string of the molecule is Cl.O=C(Nc1ccnn1-c1cccc(Cl)c1)C1CCCNC1. The number of nitrogens with one attached hydrogen (secondary N) is 2. The van der Waals surface area contributed by atoms with Crippen molar-refractivity contribution < 1.29 is 4.79 Å². The number of carbonyl (C=O) groups excluding carboxylic acids is 1. The third-order valence-corrected chi connectivity index (χ3v) is 3.85. The fourth-order valence-corrected chi connectivity index (χ4v) is 2.70. The molecule has 0 aliphatic carbocycles. The second-order valence-electron chi connectivity index (χ2n) is 5.14. The molecule has 1 aromatic heterocycles. The zero-order valence-corrected chi connectivity index (χ0v) is 13.5. The van der Waals surface area contributed by atoms with Crippen LogP contribution in [0.3, 0.4) is 0 Å². The maximum atomic E-state index is 12.3. The van der Waals surface area contributed by atoms with Gasteiger partial charge >= 0.3 is 0 Å².